The maximum Gasteiger partial charge on any atom is 0.337 e. The number of benzene rings is 1. The Morgan fingerprint density at radius 3 is 2.69 bits per heavy atom. The number of hydrogen-bond acceptors (Lipinski definition) is 2. The second kappa shape index (κ2) is 3.64. The van der Waals surface area contributed by atoms with E-state index in [1.54, 1.807) is 12.1 Å². The van der Waals surface area contributed by atoms with Crippen LogP contribution in [0.5, 0.6) is 0 Å². The van der Waals surface area contributed by atoms with Crippen LogP contribution in [0.15, 0.2) is 18.2 Å². The summed E-state index contributed by atoms with van der Waals surface area (Å²) in [5.74, 6) is -1.24. The zero-order valence-electron chi connectivity index (χ0n) is 9.11. The first-order valence-electron chi connectivity index (χ1n) is 5.01. The molecule has 0 aliphatic heterocycles. The zero-order chi connectivity index (χ0) is 11.9. The Hall–Kier alpha value is -1.81. The maximum absolute atomic E-state index is 10.8. The number of nitrogens with one attached hydrogen (secondary N) is 1. The molecule has 0 amide bonds. The number of H-pyrrole nitrogens is 1. The number of aliphatic hydroxyl groups excluding tert-OH is 1. The average molecular weight is 219 g/mol. The lowest BCUT2D eigenvalue weighted by atomic mass is 10.0. The normalized spacial score (nSPS) is 12.9. The van der Waals surface area contributed by atoms with Gasteiger partial charge in [-0.3, -0.25) is 0 Å². The maximum atomic E-state index is 10.8. The molecular formula is C12H13NO3. The Balaban J connectivity index is 2.71. The van der Waals surface area contributed by atoms with E-state index in [-0.39, 0.29) is 0 Å². The van der Waals surface area contributed by atoms with Gasteiger partial charge < -0.3 is 15.2 Å². The van der Waals surface area contributed by atoms with E-state index in [2.05, 4.69) is 4.98 Å². The van der Waals surface area contributed by atoms with Gasteiger partial charge in [-0.2, -0.15) is 0 Å². The number of fused-ring (bicyclic) bond motifs is 1. The largest absolute Gasteiger partial charge is 0.479 e. The Bertz CT molecular complexity index is 557. The van der Waals surface area contributed by atoms with E-state index in [0.717, 1.165) is 16.6 Å². The minimum Gasteiger partial charge on any atom is -0.479 e. The van der Waals surface area contributed by atoms with Crippen LogP contribution >= 0.6 is 0 Å². The van der Waals surface area contributed by atoms with Crippen LogP contribution in [0.3, 0.4) is 0 Å². The number of carboxylic acid groups (broad SMARTS) is 1. The molecule has 0 aliphatic carbocycles. The van der Waals surface area contributed by atoms with E-state index in [0.29, 0.717) is 11.1 Å². The van der Waals surface area contributed by atoms with Gasteiger partial charge in [-0.1, -0.05) is 18.2 Å². The number of aliphatic carboxylic acids is 1. The molecule has 0 saturated heterocycles. The number of aryl methyl sites for hydroxylation is 2. The van der Waals surface area contributed by atoms with Crippen LogP contribution in [0.2, 0.25) is 0 Å². The van der Waals surface area contributed by atoms with Crippen LogP contribution in [-0.2, 0) is 4.79 Å². The highest BCUT2D eigenvalue weighted by atomic mass is 16.4. The quantitative estimate of drug-likeness (QED) is 0.722. The molecule has 2 rings (SSSR count). The third kappa shape index (κ3) is 1.47. The Kier molecular flexibility index (Phi) is 2.44. The molecular weight excluding hydrogens is 206 g/mol. The van der Waals surface area contributed by atoms with Gasteiger partial charge in [0.05, 0.1) is 5.52 Å². The van der Waals surface area contributed by atoms with E-state index in [4.69, 9.17) is 5.11 Å². The lowest BCUT2D eigenvalue weighted by molar-refractivity contribution is -0.146. The number of para-hydroxylation sites is 1. The molecule has 1 unspecified atom stereocenters. The number of aliphatic hydroxyl groups is 1. The van der Waals surface area contributed by atoms with Crippen molar-refractivity contribution in [1.29, 1.82) is 0 Å². The smallest absolute Gasteiger partial charge is 0.337 e. The van der Waals surface area contributed by atoms with Crippen molar-refractivity contribution in [3.63, 3.8) is 0 Å². The Morgan fingerprint density at radius 1 is 1.38 bits per heavy atom. The molecule has 4 nitrogen and oxygen atoms in total. The van der Waals surface area contributed by atoms with Crippen molar-refractivity contribution < 1.29 is 15.0 Å². The minimum absolute atomic E-state index is 0.404. The van der Waals surface area contributed by atoms with Gasteiger partial charge in [-0.05, 0) is 19.4 Å². The predicted octanol–water partition coefficient (Wildman–Crippen LogP) is 1.90. The van der Waals surface area contributed by atoms with Crippen LogP contribution in [0.4, 0.5) is 0 Å². The van der Waals surface area contributed by atoms with Gasteiger partial charge in [0.25, 0.3) is 0 Å². The highest BCUT2D eigenvalue weighted by Crippen LogP contribution is 2.27. The van der Waals surface area contributed by atoms with Gasteiger partial charge in [0.1, 0.15) is 0 Å². The van der Waals surface area contributed by atoms with Gasteiger partial charge in [0.15, 0.2) is 6.10 Å². The monoisotopic (exact) mass is 219 g/mol. The summed E-state index contributed by atoms with van der Waals surface area (Å²) in [6.07, 6.45) is -1.49. The topological polar surface area (TPSA) is 73.3 Å². The van der Waals surface area contributed by atoms with Crippen molar-refractivity contribution in [3.05, 3.63) is 35.0 Å². The molecule has 0 aliphatic rings. The highest BCUT2D eigenvalue weighted by Gasteiger charge is 2.20. The van der Waals surface area contributed by atoms with Gasteiger partial charge in [0.2, 0.25) is 0 Å². The van der Waals surface area contributed by atoms with Crippen molar-refractivity contribution in [1.82, 2.24) is 4.98 Å². The summed E-state index contributed by atoms with van der Waals surface area (Å²) in [6.45, 7) is 3.89. The summed E-state index contributed by atoms with van der Waals surface area (Å²) in [5, 5.41) is 19.3. The summed E-state index contributed by atoms with van der Waals surface area (Å²) in [6, 6.07) is 5.28. The van der Waals surface area contributed by atoms with Gasteiger partial charge in [-0.15, -0.1) is 0 Å². The second-order valence-electron chi connectivity index (χ2n) is 3.89. The number of aromatic amines is 1. The fourth-order valence-corrected chi connectivity index (χ4v) is 1.87. The van der Waals surface area contributed by atoms with Crippen LogP contribution in [0, 0.1) is 13.8 Å². The molecule has 1 aromatic carbocycles. The van der Waals surface area contributed by atoms with E-state index in [9.17, 15) is 9.90 Å². The molecule has 0 spiro atoms. The van der Waals surface area contributed by atoms with E-state index in [1.807, 2.05) is 19.9 Å². The molecule has 0 fully saturated rings. The number of carbonyl (C=O) groups is 1. The molecule has 1 atom stereocenters. The van der Waals surface area contributed by atoms with Crippen LogP contribution in [-0.4, -0.2) is 21.2 Å². The van der Waals surface area contributed by atoms with Crippen LogP contribution < -0.4 is 0 Å². The molecule has 0 saturated carbocycles. The molecule has 3 N–H and O–H groups in total. The van der Waals surface area contributed by atoms with E-state index in [1.165, 1.54) is 0 Å². The summed E-state index contributed by atoms with van der Waals surface area (Å²) < 4.78 is 0. The first-order valence-corrected chi connectivity index (χ1v) is 5.01. The van der Waals surface area contributed by atoms with Crippen molar-refractivity contribution in [2.45, 2.75) is 20.0 Å². The van der Waals surface area contributed by atoms with Gasteiger partial charge >= 0.3 is 5.97 Å². The SMILES string of the molecule is Cc1[nH]c2c(C(O)C(=O)O)cccc2c1C. The predicted molar refractivity (Wildman–Crippen MR) is 60.4 cm³/mol. The lowest BCUT2D eigenvalue weighted by Crippen LogP contribution is -2.10. The van der Waals surface area contributed by atoms with Crippen LogP contribution in [0.1, 0.15) is 22.9 Å². The molecule has 1 aromatic heterocycles. The van der Waals surface area contributed by atoms with Crippen molar-refractivity contribution in [2.75, 3.05) is 0 Å². The fraction of sp³-hybridized carbons (Fsp3) is 0.250. The minimum atomic E-state index is -1.49. The summed E-state index contributed by atoms with van der Waals surface area (Å²) in [7, 11) is 0. The third-order valence-electron chi connectivity index (χ3n) is 2.90. The number of rotatable bonds is 2. The fourth-order valence-electron chi connectivity index (χ4n) is 1.87. The van der Waals surface area contributed by atoms with Crippen molar-refractivity contribution in [3.8, 4) is 0 Å². The Labute approximate surface area is 92.5 Å². The standard InChI is InChI=1S/C12H13NO3/c1-6-7(2)13-10-8(6)4-3-5-9(10)11(14)12(15)16/h3-5,11,13-14H,1-2H3,(H,15,16). The van der Waals surface area contributed by atoms with E-state index < -0.39 is 12.1 Å². The summed E-state index contributed by atoms with van der Waals surface area (Å²) in [4.78, 5) is 13.9. The van der Waals surface area contributed by atoms with Gasteiger partial charge in [0, 0.05) is 16.6 Å². The first-order chi connectivity index (χ1) is 7.52. The molecule has 16 heavy (non-hydrogen) atoms. The second-order valence-corrected chi connectivity index (χ2v) is 3.89. The third-order valence-corrected chi connectivity index (χ3v) is 2.90. The highest BCUT2D eigenvalue weighted by molar-refractivity contribution is 5.90. The molecule has 1 heterocycles. The van der Waals surface area contributed by atoms with Crippen molar-refractivity contribution >= 4 is 16.9 Å². The molecule has 84 valence electrons. The number of hydrogen-bond donors (Lipinski definition) is 3. The van der Waals surface area contributed by atoms with Crippen molar-refractivity contribution in [2.24, 2.45) is 0 Å². The van der Waals surface area contributed by atoms with E-state index >= 15 is 0 Å². The van der Waals surface area contributed by atoms with Crippen LogP contribution in [0.25, 0.3) is 10.9 Å². The molecule has 4 heteroatoms. The first kappa shape index (κ1) is 10.7. The lowest BCUT2D eigenvalue weighted by Gasteiger charge is -2.06. The Morgan fingerprint density at radius 2 is 2.06 bits per heavy atom. The molecule has 0 radical (unpaired) electrons. The molecule has 0 bridgehead atoms. The zero-order valence-corrected chi connectivity index (χ0v) is 9.11. The number of carboxylic acids is 1. The summed E-state index contributed by atoms with van der Waals surface area (Å²) in [5.41, 5.74) is 3.17. The average Bonchev–Trinajstić information content (AvgIpc) is 2.54. The number of aromatic nitrogens is 1. The molecule has 2 aromatic rings. The van der Waals surface area contributed by atoms with Gasteiger partial charge in [-0.25, -0.2) is 4.79 Å². The summed E-state index contributed by atoms with van der Waals surface area (Å²) >= 11 is 0.